The number of hydrogen-bond donors (Lipinski definition) is 3. The molecule has 5 nitrogen and oxygen atoms in total. The van der Waals surface area contributed by atoms with Crippen molar-refractivity contribution in [1.29, 1.82) is 0 Å². The number of pyridine rings is 1. The number of carbonyl (C=O) groups is 1. The molecule has 0 saturated heterocycles. The predicted octanol–water partition coefficient (Wildman–Crippen LogP) is 2.40. The van der Waals surface area contributed by atoms with Crippen molar-refractivity contribution >= 4 is 23.4 Å². The number of rotatable bonds is 6. The molecule has 0 bridgehead atoms. The Morgan fingerprint density at radius 3 is 2.61 bits per heavy atom. The van der Waals surface area contributed by atoms with E-state index in [-0.39, 0.29) is 10.6 Å². The maximum absolute atomic E-state index is 10.9. The smallest absolute Gasteiger partial charge is 0.337 e. The van der Waals surface area contributed by atoms with Crippen LogP contribution < -0.4 is 5.32 Å². The lowest BCUT2D eigenvalue weighted by atomic mass is 9.98. The molecule has 0 radical (unpaired) electrons. The molecule has 6 heteroatoms. The van der Waals surface area contributed by atoms with Crippen LogP contribution in [0.1, 0.15) is 37.0 Å². The molecular formula is C12H17ClN2O3. The van der Waals surface area contributed by atoms with E-state index < -0.39 is 11.6 Å². The zero-order chi connectivity index (χ0) is 13.8. The number of nitrogens with zero attached hydrogens (tertiary/aromatic N) is 1. The summed E-state index contributed by atoms with van der Waals surface area (Å²) >= 11 is 5.72. The molecule has 0 aliphatic heterocycles. The molecule has 3 N–H and O–H groups in total. The highest BCUT2D eigenvalue weighted by Gasteiger charge is 2.22. The third-order valence-electron chi connectivity index (χ3n) is 3.00. The summed E-state index contributed by atoms with van der Waals surface area (Å²) in [5.41, 5.74) is -0.823. The highest BCUT2D eigenvalue weighted by molar-refractivity contribution is 6.33. The summed E-state index contributed by atoms with van der Waals surface area (Å²) in [4.78, 5) is 14.9. The van der Waals surface area contributed by atoms with E-state index in [0.717, 1.165) is 0 Å². The third kappa shape index (κ3) is 3.58. The molecule has 100 valence electrons. The Balaban J connectivity index is 2.80. The van der Waals surface area contributed by atoms with E-state index in [4.69, 9.17) is 16.7 Å². The zero-order valence-electron chi connectivity index (χ0n) is 10.4. The molecule has 0 aliphatic carbocycles. The number of carboxylic acids is 1. The first-order valence-electron chi connectivity index (χ1n) is 5.77. The molecule has 0 saturated carbocycles. The van der Waals surface area contributed by atoms with Gasteiger partial charge in [-0.05, 0) is 18.9 Å². The van der Waals surface area contributed by atoms with E-state index in [1.807, 2.05) is 13.8 Å². The second-order valence-electron chi connectivity index (χ2n) is 4.14. The Kier molecular flexibility index (Phi) is 4.93. The van der Waals surface area contributed by atoms with Crippen LogP contribution in [-0.2, 0) is 0 Å². The Labute approximate surface area is 111 Å². The summed E-state index contributed by atoms with van der Waals surface area (Å²) in [6.45, 7) is 4.10. The average molecular weight is 273 g/mol. The van der Waals surface area contributed by atoms with Crippen molar-refractivity contribution in [2.75, 3.05) is 11.9 Å². The summed E-state index contributed by atoms with van der Waals surface area (Å²) in [6.07, 6.45) is 2.50. The summed E-state index contributed by atoms with van der Waals surface area (Å²) in [7, 11) is 0. The maximum Gasteiger partial charge on any atom is 0.337 e. The third-order valence-corrected chi connectivity index (χ3v) is 3.30. The van der Waals surface area contributed by atoms with Gasteiger partial charge in [0.25, 0.3) is 0 Å². The molecule has 0 spiro atoms. The SMILES string of the molecule is CCC(O)(CC)CNc1cc(C(=O)O)c(Cl)cn1. The van der Waals surface area contributed by atoms with Crippen molar-refractivity contribution in [3.8, 4) is 0 Å². The Hall–Kier alpha value is -1.33. The second kappa shape index (κ2) is 6.02. The number of aromatic carboxylic acids is 1. The van der Waals surface area contributed by atoms with Crippen LogP contribution in [0.25, 0.3) is 0 Å². The van der Waals surface area contributed by atoms with Crippen molar-refractivity contribution in [2.24, 2.45) is 0 Å². The van der Waals surface area contributed by atoms with E-state index in [9.17, 15) is 9.90 Å². The van der Waals surface area contributed by atoms with Crippen LogP contribution in [0.3, 0.4) is 0 Å². The molecule has 0 aromatic carbocycles. The molecule has 0 amide bonds. The molecule has 0 fully saturated rings. The van der Waals surface area contributed by atoms with Crippen LogP contribution in [0.2, 0.25) is 5.02 Å². The van der Waals surface area contributed by atoms with E-state index >= 15 is 0 Å². The summed E-state index contributed by atoms with van der Waals surface area (Å²) < 4.78 is 0. The highest BCUT2D eigenvalue weighted by Crippen LogP contribution is 2.20. The lowest BCUT2D eigenvalue weighted by Crippen LogP contribution is -2.35. The van der Waals surface area contributed by atoms with E-state index in [1.165, 1.54) is 12.3 Å². The van der Waals surface area contributed by atoms with Crippen LogP contribution in [0.4, 0.5) is 5.82 Å². The van der Waals surface area contributed by atoms with Crippen molar-refractivity contribution in [3.63, 3.8) is 0 Å². The molecule has 1 aromatic heterocycles. The van der Waals surface area contributed by atoms with Gasteiger partial charge in [0.05, 0.1) is 16.2 Å². The molecule has 0 aliphatic rings. The number of nitrogens with one attached hydrogen (secondary N) is 1. The van der Waals surface area contributed by atoms with Crippen LogP contribution in [0.15, 0.2) is 12.3 Å². The van der Waals surface area contributed by atoms with Gasteiger partial charge in [-0.15, -0.1) is 0 Å². The molecule has 1 heterocycles. The van der Waals surface area contributed by atoms with E-state index in [2.05, 4.69) is 10.3 Å². The number of anilines is 1. The minimum atomic E-state index is -1.10. The monoisotopic (exact) mass is 272 g/mol. The Morgan fingerprint density at radius 1 is 1.50 bits per heavy atom. The first-order valence-corrected chi connectivity index (χ1v) is 6.14. The minimum absolute atomic E-state index is 0.00861. The van der Waals surface area contributed by atoms with Gasteiger partial charge >= 0.3 is 5.97 Å². The van der Waals surface area contributed by atoms with Gasteiger partial charge in [0.2, 0.25) is 0 Å². The van der Waals surface area contributed by atoms with Gasteiger partial charge in [-0.2, -0.15) is 0 Å². The van der Waals surface area contributed by atoms with Gasteiger partial charge in [0.15, 0.2) is 0 Å². The van der Waals surface area contributed by atoms with Crippen LogP contribution in [0, 0.1) is 0 Å². The molecule has 1 aromatic rings. The van der Waals surface area contributed by atoms with Crippen molar-refractivity contribution in [1.82, 2.24) is 4.98 Å². The number of halogens is 1. The minimum Gasteiger partial charge on any atom is -0.478 e. The lowest BCUT2D eigenvalue weighted by molar-refractivity contribution is 0.0456. The normalized spacial score (nSPS) is 11.3. The van der Waals surface area contributed by atoms with Crippen molar-refractivity contribution < 1.29 is 15.0 Å². The topological polar surface area (TPSA) is 82.5 Å². The second-order valence-corrected chi connectivity index (χ2v) is 4.55. The standard InChI is InChI=1S/C12H17ClN2O3/c1-3-12(18,4-2)7-15-10-5-8(11(16)17)9(13)6-14-10/h5-6,18H,3-4,7H2,1-2H3,(H,14,15)(H,16,17). The average Bonchev–Trinajstić information content (AvgIpc) is 2.37. The number of aliphatic hydroxyl groups is 1. The van der Waals surface area contributed by atoms with Gasteiger partial charge in [-0.1, -0.05) is 25.4 Å². The van der Waals surface area contributed by atoms with Crippen LogP contribution >= 0.6 is 11.6 Å². The number of carboxylic acid groups (broad SMARTS) is 1. The van der Waals surface area contributed by atoms with E-state index in [0.29, 0.717) is 25.2 Å². The van der Waals surface area contributed by atoms with Gasteiger partial charge in [0.1, 0.15) is 5.82 Å². The first-order chi connectivity index (χ1) is 8.41. The Morgan fingerprint density at radius 2 is 2.11 bits per heavy atom. The van der Waals surface area contributed by atoms with Gasteiger partial charge in [-0.3, -0.25) is 0 Å². The predicted molar refractivity (Wildman–Crippen MR) is 70.2 cm³/mol. The fourth-order valence-corrected chi connectivity index (χ4v) is 1.64. The van der Waals surface area contributed by atoms with E-state index in [1.54, 1.807) is 0 Å². The molecular weight excluding hydrogens is 256 g/mol. The summed E-state index contributed by atoms with van der Waals surface area (Å²) in [5.74, 6) is -0.719. The molecule has 0 atom stereocenters. The zero-order valence-corrected chi connectivity index (χ0v) is 11.2. The maximum atomic E-state index is 10.9. The lowest BCUT2D eigenvalue weighted by Gasteiger charge is -2.25. The van der Waals surface area contributed by atoms with Crippen LogP contribution in [0.5, 0.6) is 0 Å². The summed E-state index contributed by atoms with van der Waals surface area (Å²) in [6, 6.07) is 1.36. The molecule has 18 heavy (non-hydrogen) atoms. The fourth-order valence-electron chi connectivity index (χ4n) is 1.45. The quantitative estimate of drug-likeness (QED) is 0.741. The van der Waals surface area contributed by atoms with Gasteiger partial charge < -0.3 is 15.5 Å². The van der Waals surface area contributed by atoms with Crippen molar-refractivity contribution in [2.45, 2.75) is 32.3 Å². The van der Waals surface area contributed by atoms with Gasteiger partial charge in [0, 0.05) is 12.7 Å². The summed E-state index contributed by atoms with van der Waals surface area (Å²) in [5, 5.41) is 22.0. The molecule has 1 rings (SSSR count). The highest BCUT2D eigenvalue weighted by atomic mass is 35.5. The van der Waals surface area contributed by atoms with Gasteiger partial charge in [-0.25, -0.2) is 9.78 Å². The Bertz CT molecular complexity index is 433. The number of aromatic nitrogens is 1. The molecule has 0 unspecified atom stereocenters. The first kappa shape index (κ1) is 14.7. The van der Waals surface area contributed by atoms with Crippen molar-refractivity contribution in [3.05, 3.63) is 22.8 Å². The fraction of sp³-hybridized carbons (Fsp3) is 0.500. The number of hydrogen-bond acceptors (Lipinski definition) is 4. The largest absolute Gasteiger partial charge is 0.478 e. The van der Waals surface area contributed by atoms with Crippen LogP contribution in [-0.4, -0.2) is 33.3 Å².